The molecule has 202 valence electrons. The highest BCUT2D eigenvalue weighted by Gasteiger charge is 2.41. The third-order valence-corrected chi connectivity index (χ3v) is 7.06. The van der Waals surface area contributed by atoms with Gasteiger partial charge in [0.05, 0.1) is 12.1 Å². The van der Waals surface area contributed by atoms with E-state index in [0.717, 1.165) is 31.2 Å². The number of carbonyl (C=O) groups is 3. The van der Waals surface area contributed by atoms with Crippen LogP contribution in [0.1, 0.15) is 65.9 Å². The highest BCUT2D eigenvalue weighted by Crippen LogP contribution is 2.26. The van der Waals surface area contributed by atoms with Crippen LogP contribution in [0.15, 0.2) is 30.3 Å². The molecule has 1 aromatic carbocycles. The quantitative estimate of drug-likeness (QED) is 0.407. The number of benzene rings is 1. The molecule has 1 saturated heterocycles. The van der Waals surface area contributed by atoms with Crippen LogP contribution in [0.2, 0.25) is 0 Å². The summed E-state index contributed by atoms with van der Waals surface area (Å²) in [5.41, 5.74) is 6.94. The van der Waals surface area contributed by atoms with Crippen molar-refractivity contribution in [2.24, 2.45) is 11.1 Å². The summed E-state index contributed by atoms with van der Waals surface area (Å²) in [5.74, 6) is -0.350. The average molecular weight is 502 g/mol. The zero-order valence-corrected chi connectivity index (χ0v) is 23.0. The van der Waals surface area contributed by atoms with E-state index in [4.69, 9.17) is 5.73 Å². The lowest BCUT2D eigenvalue weighted by Crippen LogP contribution is -2.59. The summed E-state index contributed by atoms with van der Waals surface area (Å²) in [6.07, 6.45) is 3.90. The van der Waals surface area contributed by atoms with Crippen molar-refractivity contribution in [1.29, 1.82) is 0 Å². The van der Waals surface area contributed by atoms with Gasteiger partial charge in [-0.3, -0.25) is 14.4 Å². The first-order valence-corrected chi connectivity index (χ1v) is 13.4. The van der Waals surface area contributed by atoms with Gasteiger partial charge >= 0.3 is 0 Å². The molecule has 1 aliphatic rings. The number of carbonyl (C=O) groups excluding carboxylic acids is 3. The maximum absolute atomic E-state index is 13.8. The van der Waals surface area contributed by atoms with Crippen LogP contribution in [0.4, 0.5) is 0 Å². The average Bonchev–Trinajstić information content (AvgIpc) is 3.31. The van der Waals surface area contributed by atoms with E-state index in [1.807, 2.05) is 55.7 Å². The van der Waals surface area contributed by atoms with Crippen LogP contribution < -0.4 is 16.4 Å². The van der Waals surface area contributed by atoms with Gasteiger partial charge in [-0.2, -0.15) is 0 Å². The zero-order chi connectivity index (χ0) is 26.9. The van der Waals surface area contributed by atoms with Crippen molar-refractivity contribution in [3.63, 3.8) is 0 Å². The van der Waals surface area contributed by atoms with Gasteiger partial charge < -0.3 is 26.2 Å². The monoisotopic (exact) mass is 501 g/mol. The topological polar surface area (TPSA) is 108 Å². The fourth-order valence-corrected chi connectivity index (χ4v) is 4.65. The standard InChI is InChI=1S/C28H47N5O3/c1-7-12-23(29)26(35)32(18-16-21-13-9-8-10-14-21)19-22-15-11-17-33(22)27(36)24(28(3,4)5)31-25(34)20(2)30-6/h8-10,13-14,20,22-24,30H,7,11-12,15-19,29H2,1-6H3,(H,31,34)/t20-,22-,23-,24+/m0/s1. The van der Waals surface area contributed by atoms with Gasteiger partial charge in [0.15, 0.2) is 0 Å². The number of nitrogens with one attached hydrogen (secondary N) is 2. The predicted octanol–water partition coefficient (Wildman–Crippen LogP) is 2.31. The first-order chi connectivity index (χ1) is 17.0. The first-order valence-electron chi connectivity index (χ1n) is 13.4. The fourth-order valence-electron chi connectivity index (χ4n) is 4.65. The summed E-state index contributed by atoms with van der Waals surface area (Å²) in [6.45, 7) is 11.3. The van der Waals surface area contributed by atoms with Gasteiger partial charge in [-0.25, -0.2) is 0 Å². The summed E-state index contributed by atoms with van der Waals surface area (Å²) in [5, 5.41) is 5.90. The highest BCUT2D eigenvalue weighted by molar-refractivity contribution is 5.90. The molecule has 2 rings (SSSR count). The van der Waals surface area contributed by atoms with Crippen LogP contribution in [0.5, 0.6) is 0 Å². The predicted molar refractivity (Wildman–Crippen MR) is 144 cm³/mol. The number of likely N-dealkylation sites (N-methyl/N-ethyl adjacent to an activating group) is 1. The highest BCUT2D eigenvalue weighted by atomic mass is 16.2. The molecular formula is C28H47N5O3. The van der Waals surface area contributed by atoms with E-state index in [2.05, 4.69) is 22.8 Å². The summed E-state index contributed by atoms with van der Waals surface area (Å²) in [6, 6.07) is 8.39. The number of nitrogens with zero attached hydrogens (tertiary/aromatic N) is 2. The van der Waals surface area contributed by atoms with Gasteiger partial charge in [-0.1, -0.05) is 64.4 Å². The second kappa shape index (κ2) is 13.7. The van der Waals surface area contributed by atoms with Crippen molar-refractivity contribution < 1.29 is 14.4 Å². The van der Waals surface area contributed by atoms with Gasteiger partial charge in [0.1, 0.15) is 6.04 Å². The van der Waals surface area contributed by atoms with E-state index in [9.17, 15) is 14.4 Å². The SMILES string of the molecule is CCC[C@H](N)C(=O)N(CCc1ccccc1)C[C@@H]1CCCN1C(=O)[C@@H](NC(=O)[C@H](C)NC)C(C)(C)C. The number of likely N-dealkylation sites (tertiary alicyclic amines) is 1. The van der Waals surface area contributed by atoms with E-state index < -0.39 is 23.5 Å². The van der Waals surface area contributed by atoms with Gasteiger partial charge in [-0.15, -0.1) is 0 Å². The normalized spacial score (nSPS) is 18.4. The Morgan fingerprint density at radius 3 is 2.44 bits per heavy atom. The maximum Gasteiger partial charge on any atom is 0.246 e. The van der Waals surface area contributed by atoms with Gasteiger partial charge in [-0.05, 0) is 50.6 Å². The molecule has 4 N–H and O–H groups in total. The number of hydrogen-bond acceptors (Lipinski definition) is 5. The van der Waals surface area contributed by atoms with Gasteiger partial charge in [0, 0.05) is 25.7 Å². The fraction of sp³-hybridized carbons (Fsp3) is 0.679. The minimum atomic E-state index is -0.655. The number of rotatable bonds is 12. The van der Waals surface area contributed by atoms with Crippen LogP contribution in [-0.2, 0) is 20.8 Å². The lowest BCUT2D eigenvalue weighted by molar-refractivity contribution is -0.142. The third kappa shape index (κ3) is 8.30. The Kier molecular flexibility index (Phi) is 11.4. The Morgan fingerprint density at radius 2 is 1.86 bits per heavy atom. The molecule has 0 aliphatic carbocycles. The van der Waals surface area contributed by atoms with Crippen molar-refractivity contribution in [2.45, 2.75) is 90.9 Å². The molecule has 0 bridgehead atoms. The molecule has 3 amide bonds. The summed E-state index contributed by atoms with van der Waals surface area (Å²) >= 11 is 0. The van der Waals surface area contributed by atoms with Crippen LogP contribution in [0.3, 0.4) is 0 Å². The van der Waals surface area contributed by atoms with Crippen molar-refractivity contribution >= 4 is 17.7 Å². The molecule has 0 spiro atoms. The molecule has 36 heavy (non-hydrogen) atoms. The number of hydrogen-bond donors (Lipinski definition) is 3. The molecule has 1 aromatic rings. The van der Waals surface area contributed by atoms with Crippen molar-refractivity contribution in [1.82, 2.24) is 20.4 Å². The molecule has 1 heterocycles. The first kappa shape index (κ1) is 29.8. The van der Waals surface area contributed by atoms with Crippen LogP contribution in [0, 0.1) is 5.41 Å². The second-order valence-corrected chi connectivity index (χ2v) is 11.1. The van der Waals surface area contributed by atoms with Crippen molar-refractivity contribution in [3.05, 3.63) is 35.9 Å². The number of nitrogens with two attached hydrogens (primary N) is 1. The third-order valence-electron chi connectivity index (χ3n) is 7.06. The van der Waals surface area contributed by atoms with Crippen molar-refractivity contribution in [3.8, 4) is 0 Å². The molecule has 0 aromatic heterocycles. The summed E-state index contributed by atoms with van der Waals surface area (Å²) in [7, 11) is 1.72. The maximum atomic E-state index is 13.8. The summed E-state index contributed by atoms with van der Waals surface area (Å²) < 4.78 is 0. The molecular weight excluding hydrogens is 454 g/mol. The van der Waals surface area contributed by atoms with E-state index in [-0.39, 0.29) is 23.8 Å². The second-order valence-electron chi connectivity index (χ2n) is 11.1. The largest absolute Gasteiger partial charge is 0.342 e. The Labute approximate surface area is 217 Å². The minimum absolute atomic E-state index is 0.0596. The Hall–Kier alpha value is -2.45. The lowest BCUT2D eigenvalue weighted by Gasteiger charge is -2.38. The van der Waals surface area contributed by atoms with E-state index in [1.165, 1.54) is 0 Å². The number of amides is 3. The molecule has 1 fully saturated rings. The Morgan fingerprint density at radius 1 is 1.19 bits per heavy atom. The molecule has 0 radical (unpaired) electrons. The molecule has 1 aliphatic heterocycles. The lowest BCUT2D eigenvalue weighted by atomic mass is 9.85. The van der Waals surface area contributed by atoms with E-state index in [1.54, 1.807) is 14.0 Å². The van der Waals surface area contributed by atoms with E-state index in [0.29, 0.717) is 26.1 Å². The molecule has 8 heteroatoms. The zero-order valence-electron chi connectivity index (χ0n) is 23.0. The van der Waals surface area contributed by atoms with Crippen LogP contribution in [-0.4, -0.2) is 78.4 Å². The minimum Gasteiger partial charge on any atom is -0.342 e. The molecule has 0 saturated carbocycles. The van der Waals surface area contributed by atoms with Gasteiger partial charge in [0.25, 0.3) is 0 Å². The van der Waals surface area contributed by atoms with Crippen LogP contribution in [0.25, 0.3) is 0 Å². The van der Waals surface area contributed by atoms with E-state index >= 15 is 0 Å². The Balaban J connectivity index is 2.21. The van der Waals surface area contributed by atoms with Crippen LogP contribution >= 0.6 is 0 Å². The van der Waals surface area contributed by atoms with Crippen molar-refractivity contribution in [2.75, 3.05) is 26.7 Å². The van der Waals surface area contributed by atoms with Gasteiger partial charge in [0.2, 0.25) is 17.7 Å². The molecule has 8 nitrogen and oxygen atoms in total. The smallest absolute Gasteiger partial charge is 0.246 e. The molecule has 4 atom stereocenters. The molecule has 0 unspecified atom stereocenters. The Bertz CT molecular complexity index is 854. The summed E-state index contributed by atoms with van der Waals surface area (Å²) in [4.78, 5) is 43.4.